The predicted molar refractivity (Wildman–Crippen MR) is 126 cm³/mol. The number of aromatic nitrogens is 5. The molecule has 0 aliphatic rings. The quantitative estimate of drug-likeness (QED) is 0.438. The molecule has 5 rings (SSSR count). The Morgan fingerprint density at radius 1 is 1.09 bits per heavy atom. The molecule has 0 radical (unpaired) electrons. The third-order valence-corrected chi connectivity index (χ3v) is 5.49. The molecular formula is C25H22N6O2. The monoisotopic (exact) mass is 438 g/mol. The lowest BCUT2D eigenvalue weighted by Gasteiger charge is -2.10. The molecule has 33 heavy (non-hydrogen) atoms. The van der Waals surface area contributed by atoms with E-state index in [1.165, 1.54) is 4.40 Å². The fourth-order valence-corrected chi connectivity index (χ4v) is 3.92. The van der Waals surface area contributed by atoms with E-state index in [0.29, 0.717) is 35.5 Å². The fraction of sp³-hybridized carbons (Fsp3) is 0.160. The van der Waals surface area contributed by atoms with Crippen LogP contribution in [0.3, 0.4) is 0 Å². The number of aryl methyl sites for hydroxylation is 1. The highest BCUT2D eigenvalue weighted by Gasteiger charge is 2.19. The van der Waals surface area contributed by atoms with Gasteiger partial charge >= 0.3 is 0 Å². The molecule has 0 bridgehead atoms. The summed E-state index contributed by atoms with van der Waals surface area (Å²) < 4.78 is 3.32. The van der Waals surface area contributed by atoms with Gasteiger partial charge in [0.1, 0.15) is 17.0 Å². The molecule has 8 heteroatoms. The molecule has 5 aromatic rings. The maximum absolute atomic E-state index is 13.1. The smallest absolute Gasteiger partial charge is 0.268 e. The summed E-state index contributed by atoms with van der Waals surface area (Å²) in [5.74, 6) is -0.255. The van der Waals surface area contributed by atoms with Gasteiger partial charge in [0.2, 0.25) is 0 Å². The number of carbonyl (C=O) groups is 1. The van der Waals surface area contributed by atoms with E-state index in [1.54, 1.807) is 43.0 Å². The fourth-order valence-electron chi connectivity index (χ4n) is 3.92. The molecule has 164 valence electrons. The lowest BCUT2D eigenvalue weighted by molar-refractivity contribution is 0.0942. The van der Waals surface area contributed by atoms with Crippen LogP contribution in [0.25, 0.3) is 27.9 Å². The summed E-state index contributed by atoms with van der Waals surface area (Å²) in [6.07, 6.45) is 7.67. The lowest BCUT2D eigenvalue weighted by Crippen LogP contribution is -2.25. The summed E-state index contributed by atoms with van der Waals surface area (Å²) in [4.78, 5) is 39.3. The summed E-state index contributed by atoms with van der Waals surface area (Å²) in [6, 6.07) is 14.6. The minimum Gasteiger partial charge on any atom is -0.347 e. The molecule has 1 N–H and O–H groups in total. The van der Waals surface area contributed by atoms with Gasteiger partial charge in [-0.1, -0.05) is 13.0 Å². The topological polar surface area (TPSA) is 94.2 Å². The molecule has 8 nitrogen and oxygen atoms in total. The molecule has 0 aliphatic carbocycles. The SMILES string of the molecule is CCCn1c(C(=O)NCc2ccnc(-c3cccnc3)c2)cc2c(=O)n3ccccc3nc21. The summed E-state index contributed by atoms with van der Waals surface area (Å²) in [5.41, 5.74) is 3.94. The van der Waals surface area contributed by atoms with Crippen molar-refractivity contribution in [2.75, 3.05) is 0 Å². The van der Waals surface area contributed by atoms with Crippen molar-refractivity contribution in [3.8, 4) is 11.3 Å². The van der Waals surface area contributed by atoms with Crippen LogP contribution in [0.4, 0.5) is 0 Å². The largest absolute Gasteiger partial charge is 0.347 e. The number of hydrogen-bond donors (Lipinski definition) is 1. The van der Waals surface area contributed by atoms with E-state index in [2.05, 4.69) is 20.3 Å². The maximum atomic E-state index is 13.1. The highest BCUT2D eigenvalue weighted by Crippen LogP contribution is 2.19. The molecule has 0 saturated carbocycles. The Balaban J connectivity index is 1.46. The number of amides is 1. The second kappa shape index (κ2) is 8.66. The average Bonchev–Trinajstić information content (AvgIpc) is 3.22. The first kappa shape index (κ1) is 20.6. The molecule has 0 atom stereocenters. The molecule has 0 saturated heterocycles. The lowest BCUT2D eigenvalue weighted by atomic mass is 10.1. The van der Waals surface area contributed by atoms with Crippen LogP contribution in [0.15, 0.2) is 78.1 Å². The Bertz CT molecular complexity index is 1520. The van der Waals surface area contributed by atoms with Crippen LogP contribution >= 0.6 is 0 Å². The molecule has 5 heterocycles. The number of pyridine rings is 3. The van der Waals surface area contributed by atoms with E-state index in [4.69, 9.17) is 0 Å². The van der Waals surface area contributed by atoms with Crippen LogP contribution in [0, 0.1) is 0 Å². The van der Waals surface area contributed by atoms with Crippen LogP contribution in [-0.2, 0) is 13.1 Å². The van der Waals surface area contributed by atoms with Crippen LogP contribution in [-0.4, -0.2) is 29.8 Å². The van der Waals surface area contributed by atoms with Crippen LogP contribution in [0.1, 0.15) is 29.4 Å². The minimum absolute atomic E-state index is 0.185. The zero-order valence-corrected chi connectivity index (χ0v) is 18.1. The van der Waals surface area contributed by atoms with Gasteiger partial charge in [-0.25, -0.2) is 4.98 Å². The second-order valence-electron chi connectivity index (χ2n) is 7.74. The summed E-state index contributed by atoms with van der Waals surface area (Å²) in [5, 5.41) is 3.41. The zero-order valence-electron chi connectivity index (χ0n) is 18.1. The number of carbonyl (C=O) groups excluding carboxylic acids is 1. The van der Waals surface area contributed by atoms with Crippen molar-refractivity contribution < 1.29 is 4.79 Å². The van der Waals surface area contributed by atoms with Crippen molar-refractivity contribution in [2.24, 2.45) is 0 Å². The number of nitrogens with zero attached hydrogens (tertiary/aromatic N) is 5. The standard InChI is InChI=1S/C25H22N6O2/c1-2-11-30-21(14-19-23(30)29-22-7-3-4-12-31(22)25(19)33)24(32)28-15-17-8-10-27-20(13-17)18-6-5-9-26-16-18/h3-10,12-14,16H,2,11,15H2,1H3,(H,28,32). The molecular weight excluding hydrogens is 416 g/mol. The van der Waals surface area contributed by atoms with Crippen molar-refractivity contribution in [2.45, 2.75) is 26.4 Å². The van der Waals surface area contributed by atoms with E-state index in [0.717, 1.165) is 23.2 Å². The molecule has 5 aromatic heterocycles. The molecule has 0 aliphatic heterocycles. The molecule has 1 amide bonds. The van der Waals surface area contributed by atoms with Crippen molar-refractivity contribution in [3.63, 3.8) is 0 Å². The van der Waals surface area contributed by atoms with E-state index >= 15 is 0 Å². The van der Waals surface area contributed by atoms with Crippen LogP contribution in [0.5, 0.6) is 0 Å². The van der Waals surface area contributed by atoms with Gasteiger partial charge in [-0.2, -0.15) is 0 Å². The number of hydrogen-bond acceptors (Lipinski definition) is 5. The highest BCUT2D eigenvalue weighted by atomic mass is 16.2. The first-order valence-corrected chi connectivity index (χ1v) is 10.8. The van der Waals surface area contributed by atoms with Gasteiger partial charge in [0.25, 0.3) is 11.5 Å². The average molecular weight is 438 g/mol. The third-order valence-electron chi connectivity index (χ3n) is 5.49. The van der Waals surface area contributed by atoms with Crippen LogP contribution in [0.2, 0.25) is 0 Å². The summed E-state index contributed by atoms with van der Waals surface area (Å²) in [7, 11) is 0. The summed E-state index contributed by atoms with van der Waals surface area (Å²) >= 11 is 0. The zero-order chi connectivity index (χ0) is 22.8. The molecule has 0 aromatic carbocycles. The van der Waals surface area contributed by atoms with Gasteiger partial charge in [-0.05, 0) is 54.4 Å². The summed E-state index contributed by atoms with van der Waals surface area (Å²) in [6.45, 7) is 2.94. The second-order valence-corrected chi connectivity index (χ2v) is 7.74. The number of nitrogens with one attached hydrogen (secondary N) is 1. The van der Waals surface area contributed by atoms with Crippen molar-refractivity contribution >= 4 is 22.6 Å². The first-order chi connectivity index (χ1) is 16.2. The minimum atomic E-state index is -0.255. The third kappa shape index (κ3) is 3.87. The van der Waals surface area contributed by atoms with Gasteiger partial charge in [0, 0.05) is 43.4 Å². The van der Waals surface area contributed by atoms with Gasteiger partial charge in [0.15, 0.2) is 0 Å². The Morgan fingerprint density at radius 2 is 2.00 bits per heavy atom. The Kier molecular flexibility index (Phi) is 5.40. The van der Waals surface area contributed by atoms with E-state index in [-0.39, 0.29) is 11.5 Å². The van der Waals surface area contributed by atoms with E-state index < -0.39 is 0 Å². The van der Waals surface area contributed by atoms with Gasteiger partial charge in [-0.15, -0.1) is 0 Å². The van der Waals surface area contributed by atoms with Crippen molar-refractivity contribution in [1.82, 2.24) is 29.2 Å². The van der Waals surface area contributed by atoms with Gasteiger partial charge < -0.3 is 9.88 Å². The van der Waals surface area contributed by atoms with Gasteiger partial charge in [-0.3, -0.25) is 24.0 Å². The van der Waals surface area contributed by atoms with E-state index in [1.807, 2.05) is 41.8 Å². The normalized spacial score (nSPS) is 11.2. The molecule has 0 fully saturated rings. The number of rotatable bonds is 6. The van der Waals surface area contributed by atoms with Crippen molar-refractivity contribution in [3.05, 3.63) is 94.9 Å². The maximum Gasteiger partial charge on any atom is 0.268 e. The first-order valence-electron chi connectivity index (χ1n) is 10.8. The van der Waals surface area contributed by atoms with Crippen molar-refractivity contribution in [1.29, 1.82) is 0 Å². The molecule has 0 unspecified atom stereocenters. The molecule has 0 spiro atoms. The van der Waals surface area contributed by atoms with Gasteiger partial charge in [0.05, 0.1) is 11.1 Å². The predicted octanol–water partition coefficient (Wildman–Crippen LogP) is 3.45. The van der Waals surface area contributed by atoms with E-state index in [9.17, 15) is 9.59 Å². The highest BCUT2D eigenvalue weighted by molar-refractivity contribution is 5.98. The Morgan fingerprint density at radius 3 is 2.82 bits per heavy atom. The Hall–Kier alpha value is -4.33. The Labute approximate surface area is 189 Å². The number of fused-ring (bicyclic) bond motifs is 2. The van der Waals surface area contributed by atoms with Crippen LogP contribution < -0.4 is 10.9 Å².